The fraction of sp³-hybridized carbons (Fsp3) is 0.462. The minimum atomic E-state index is -4.34. The minimum Gasteiger partial charge on any atom is -0.460 e. The SMILES string of the molecule is O=C(OCc1ccc(C(F)(F)F)cc1)[C@H]1CCCN1. The molecular formula is C13H14F3NO2. The molecule has 2 rings (SSSR count). The zero-order chi connectivity index (χ0) is 13.9. The van der Waals surface area contributed by atoms with Gasteiger partial charge < -0.3 is 10.1 Å². The Hall–Kier alpha value is -1.56. The summed E-state index contributed by atoms with van der Waals surface area (Å²) in [7, 11) is 0. The van der Waals surface area contributed by atoms with Crippen LogP contribution in [0.3, 0.4) is 0 Å². The lowest BCUT2D eigenvalue weighted by Gasteiger charge is -2.11. The highest BCUT2D eigenvalue weighted by molar-refractivity contribution is 5.76. The first-order valence-electron chi connectivity index (χ1n) is 6.03. The highest BCUT2D eigenvalue weighted by atomic mass is 19.4. The van der Waals surface area contributed by atoms with Crippen molar-refractivity contribution in [3.05, 3.63) is 35.4 Å². The Bertz CT molecular complexity index is 436. The van der Waals surface area contributed by atoms with Crippen LogP contribution >= 0.6 is 0 Å². The third-order valence-electron chi connectivity index (χ3n) is 3.01. The van der Waals surface area contributed by atoms with Gasteiger partial charge in [0.25, 0.3) is 0 Å². The molecule has 1 aromatic carbocycles. The van der Waals surface area contributed by atoms with E-state index in [1.165, 1.54) is 12.1 Å². The summed E-state index contributed by atoms with van der Waals surface area (Å²) >= 11 is 0. The topological polar surface area (TPSA) is 38.3 Å². The zero-order valence-electron chi connectivity index (χ0n) is 10.2. The molecule has 0 spiro atoms. The second-order valence-electron chi connectivity index (χ2n) is 4.45. The van der Waals surface area contributed by atoms with Crippen molar-refractivity contribution in [2.45, 2.75) is 31.7 Å². The van der Waals surface area contributed by atoms with Gasteiger partial charge in [-0.15, -0.1) is 0 Å². The number of benzene rings is 1. The average molecular weight is 273 g/mol. The highest BCUT2D eigenvalue weighted by Crippen LogP contribution is 2.29. The lowest BCUT2D eigenvalue weighted by atomic mass is 10.1. The second kappa shape index (κ2) is 5.61. The number of hydrogen-bond acceptors (Lipinski definition) is 3. The minimum absolute atomic E-state index is 0.00481. The van der Waals surface area contributed by atoms with Crippen molar-refractivity contribution in [1.29, 1.82) is 0 Å². The third-order valence-corrected chi connectivity index (χ3v) is 3.01. The summed E-state index contributed by atoms with van der Waals surface area (Å²) in [4.78, 5) is 11.6. The number of nitrogens with one attached hydrogen (secondary N) is 1. The number of halogens is 3. The first-order valence-corrected chi connectivity index (χ1v) is 6.03. The van der Waals surface area contributed by atoms with Gasteiger partial charge in [0.1, 0.15) is 12.6 Å². The quantitative estimate of drug-likeness (QED) is 0.860. The maximum absolute atomic E-state index is 12.3. The van der Waals surface area contributed by atoms with Crippen molar-refractivity contribution in [2.75, 3.05) is 6.54 Å². The number of ether oxygens (including phenoxy) is 1. The highest BCUT2D eigenvalue weighted by Gasteiger charge is 2.30. The monoisotopic (exact) mass is 273 g/mol. The summed E-state index contributed by atoms with van der Waals surface area (Å²) < 4.78 is 42.1. The van der Waals surface area contributed by atoms with Crippen LogP contribution in [0.1, 0.15) is 24.0 Å². The maximum Gasteiger partial charge on any atom is 0.416 e. The molecule has 0 aliphatic carbocycles. The van der Waals surface area contributed by atoms with Crippen molar-refractivity contribution < 1.29 is 22.7 Å². The lowest BCUT2D eigenvalue weighted by Crippen LogP contribution is -2.32. The van der Waals surface area contributed by atoms with Crippen molar-refractivity contribution >= 4 is 5.97 Å². The van der Waals surface area contributed by atoms with Crippen LogP contribution in [0.5, 0.6) is 0 Å². The number of esters is 1. The van der Waals surface area contributed by atoms with Crippen LogP contribution in [-0.4, -0.2) is 18.6 Å². The summed E-state index contributed by atoms with van der Waals surface area (Å²) in [5, 5.41) is 3.00. The largest absolute Gasteiger partial charge is 0.460 e. The summed E-state index contributed by atoms with van der Waals surface area (Å²) in [5.41, 5.74) is -0.167. The molecule has 0 amide bonds. The number of rotatable bonds is 3. The number of alkyl halides is 3. The average Bonchev–Trinajstić information content (AvgIpc) is 2.89. The predicted molar refractivity (Wildman–Crippen MR) is 62.3 cm³/mol. The van der Waals surface area contributed by atoms with Gasteiger partial charge in [-0.25, -0.2) is 0 Å². The molecule has 1 fully saturated rings. The first kappa shape index (κ1) is 13.9. The van der Waals surface area contributed by atoms with Gasteiger partial charge in [0.15, 0.2) is 0 Å². The van der Waals surface area contributed by atoms with Gasteiger partial charge in [-0.05, 0) is 37.1 Å². The molecule has 3 nitrogen and oxygen atoms in total. The zero-order valence-corrected chi connectivity index (χ0v) is 10.2. The molecule has 19 heavy (non-hydrogen) atoms. The van der Waals surface area contributed by atoms with Gasteiger partial charge in [-0.3, -0.25) is 4.79 Å². The summed E-state index contributed by atoms with van der Waals surface area (Å²) in [6, 6.07) is 4.32. The standard InChI is InChI=1S/C13H14F3NO2/c14-13(15,16)10-5-3-9(4-6-10)8-19-12(18)11-2-1-7-17-11/h3-6,11,17H,1-2,7-8H2/t11-/m1/s1. The van der Waals surface area contributed by atoms with E-state index < -0.39 is 11.7 Å². The predicted octanol–water partition coefficient (Wildman–Crippen LogP) is 2.50. The van der Waals surface area contributed by atoms with Crippen molar-refractivity contribution in [2.24, 2.45) is 0 Å². The van der Waals surface area contributed by atoms with Crippen LogP contribution in [0, 0.1) is 0 Å². The number of carbonyl (C=O) groups is 1. The Morgan fingerprint density at radius 2 is 2.00 bits per heavy atom. The molecule has 0 bridgehead atoms. The molecule has 0 saturated carbocycles. The van der Waals surface area contributed by atoms with E-state index in [1.807, 2.05) is 0 Å². The van der Waals surface area contributed by atoms with Gasteiger partial charge in [-0.1, -0.05) is 12.1 Å². The maximum atomic E-state index is 12.3. The van der Waals surface area contributed by atoms with Crippen LogP contribution in [0.2, 0.25) is 0 Å². The fourth-order valence-corrected chi connectivity index (χ4v) is 1.93. The number of hydrogen-bond donors (Lipinski definition) is 1. The lowest BCUT2D eigenvalue weighted by molar-refractivity contribution is -0.147. The molecule has 104 valence electrons. The Labute approximate surface area is 108 Å². The van der Waals surface area contributed by atoms with E-state index in [2.05, 4.69) is 5.32 Å². The Morgan fingerprint density at radius 1 is 1.32 bits per heavy atom. The first-order chi connectivity index (χ1) is 8.97. The molecule has 0 radical (unpaired) electrons. The van der Waals surface area contributed by atoms with Crippen molar-refractivity contribution in [1.82, 2.24) is 5.32 Å². The Balaban J connectivity index is 1.87. The molecule has 1 atom stereocenters. The van der Waals surface area contributed by atoms with Gasteiger partial charge in [0.2, 0.25) is 0 Å². The Kier molecular flexibility index (Phi) is 4.09. The molecule has 1 N–H and O–H groups in total. The summed E-state index contributed by atoms with van der Waals surface area (Å²) in [6.45, 7) is 0.787. The molecule has 1 aliphatic rings. The normalized spacial score (nSPS) is 19.4. The van der Waals surface area contributed by atoms with Crippen LogP contribution in [0.15, 0.2) is 24.3 Å². The molecule has 0 unspecified atom stereocenters. The van der Waals surface area contributed by atoms with Crippen LogP contribution < -0.4 is 5.32 Å². The van der Waals surface area contributed by atoms with Crippen LogP contribution in [0.4, 0.5) is 13.2 Å². The smallest absolute Gasteiger partial charge is 0.416 e. The number of carbonyl (C=O) groups excluding carboxylic acids is 1. The van der Waals surface area contributed by atoms with E-state index in [4.69, 9.17) is 4.74 Å². The van der Waals surface area contributed by atoms with Crippen molar-refractivity contribution in [3.8, 4) is 0 Å². The second-order valence-corrected chi connectivity index (χ2v) is 4.45. The van der Waals surface area contributed by atoms with Crippen LogP contribution in [0.25, 0.3) is 0 Å². The van der Waals surface area contributed by atoms with E-state index in [-0.39, 0.29) is 18.6 Å². The molecule has 6 heteroatoms. The van der Waals surface area contributed by atoms with E-state index >= 15 is 0 Å². The van der Waals surface area contributed by atoms with E-state index in [9.17, 15) is 18.0 Å². The molecule has 1 aliphatic heterocycles. The van der Waals surface area contributed by atoms with Gasteiger partial charge in [0, 0.05) is 0 Å². The molecular weight excluding hydrogens is 259 g/mol. The van der Waals surface area contributed by atoms with E-state index in [0.29, 0.717) is 5.56 Å². The summed E-state index contributed by atoms with van der Waals surface area (Å²) in [5.74, 6) is -0.350. The van der Waals surface area contributed by atoms with Crippen LogP contribution in [-0.2, 0) is 22.3 Å². The molecule has 0 aromatic heterocycles. The summed E-state index contributed by atoms with van der Waals surface area (Å²) in [6.07, 6.45) is -2.67. The van der Waals surface area contributed by atoms with Crippen molar-refractivity contribution in [3.63, 3.8) is 0 Å². The fourth-order valence-electron chi connectivity index (χ4n) is 1.93. The van der Waals surface area contributed by atoms with E-state index in [0.717, 1.165) is 31.5 Å². The molecule has 1 saturated heterocycles. The molecule has 1 heterocycles. The van der Waals surface area contributed by atoms with Gasteiger partial charge >= 0.3 is 12.1 Å². The Morgan fingerprint density at radius 3 is 2.53 bits per heavy atom. The third kappa shape index (κ3) is 3.70. The van der Waals surface area contributed by atoms with Gasteiger partial charge in [-0.2, -0.15) is 13.2 Å². The molecule has 1 aromatic rings. The van der Waals surface area contributed by atoms with E-state index in [1.54, 1.807) is 0 Å². The van der Waals surface area contributed by atoms with Gasteiger partial charge in [0.05, 0.1) is 5.56 Å².